The fourth-order valence-electron chi connectivity index (χ4n) is 4.35. The van der Waals surface area contributed by atoms with E-state index in [0.717, 1.165) is 0 Å². The van der Waals surface area contributed by atoms with Gasteiger partial charge in [-0.2, -0.15) is 0 Å². The molecule has 0 atom stereocenters. The molecule has 0 spiro atoms. The lowest BCUT2D eigenvalue weighted by Crippen LogP contribution is -2.41. The third kappa shape index (κ3) is 21.0. The van der Waals surface area contributed by atoms with E-state index in [1.165, 1.54) is 121 Å². The van der Waals surface area contributed by atoms with E-state index in [2.05, 4.69) is 58.6 Å². The lowest BCUT2D eigenvalue weighted by Gasteiger charge is -2.34. The predicted octanol–water partition coefficient (Wildman–Crippen LogP) is 10.4. The Balaban J connectivity index is 0.00000115. The Bertz CT molecular complexity index is 473. The van der Waals surface area contributed by atoms with Crippen molar-refractivity contribution in [2.45, 2.75) is 150 Å². The van der Waals surface area contributed by atoms with Gasteiger partial charge >= 0.3 is 0 Å². The highest BCUT2D eigenvalue weighted by Gasteiger charge is 2.18. The molecule has 0 unspecified atom stereocenters. The zero-order valence-electron chi connectivity index (χ0n) is 23.1. The van der Waals surface area contributed by atoms with Crippen LogP contribution in [0.5, 0.6) is 0 Å². The first-order valence-electron chi connectivity index (χ1n) is 14.2. The van der Waals surface area contributed by atoms with Crippen LogP contribution in [0.2, 0.25) is 0 Å². The highest BCUT2D eigenvalue weighted by Crippen LogP contribution is 2.16. The van der Waals surface area contributed by atoms with Gasteiger partial charge in [-0.25, -0.2) is 0 Å². The average Bonchev–Trinajstić information content (AvgIpc) is 2.76. The number of nitrogens with zero attached hydrogens (tertiary/aromatic N) is 1. The van der Waals surface area contributed by atoms with E-state index in [4.69, 9.17) is 0 Å². The second-order valence-electron chi connectivity index (χ2n) is 10.7. The zero-order valence-corrected chi connectivity index (χ0v) is 23.1. The van der Waals surface area contributed by atoms with Gasteiger partial charge in [0.1, 0.15) is 0 Å². The van der Waals surface area contributed by atoms with Crippen molar-refractivity contribution in [2.24, 2.45) is 0 Å². The van der Waals surface area contributed by atoms with E-state index in [0.29, 0.717) is 5.54 Å². The summed E-state index contributed by atoms with van der Waals surface area (Å²) in [6.45, 7) is 16.1. The quantitative estimate of drug-likeness (QED) is 0.203. The lowest BCUT2D eigenvalue weighted by molar-refractivity contribution is 0.141. The maximum absolute atomic E-state index is 2.61. The maximum atomic E-state index is 2.61. The standard InChI is InChI=1S/C24H51N.C7H8/c1-6-8-9-10-11-12-13-14-15-16-17-18-19-20-21-22-23-25(7-2)24(3,4)5;1-7-5-3-2-4-6-7/h6-23H2,1-5H3;2-6H,1H3. The van der Waals surface area contributed by atoms with Gasteiger partial charge in [0.25, 0.3) is 0 Å². The van der Waals surface area contributed by atoms with E-state index in [1.807, 2.05) is 18.2 Å². The number of aryl methyl sites for hydroxylation is 1. The Morgan fingerprint density at radius 1 is 0.562 bits per heavy atom. The number of hydrogen-bond acceptors (Lipinski definition) is 1. The van der Waals surface area contributed by atoms with Crippen LogP contribution in [0.25, 0.3) is 0 Å². The molecule has 0 fully saturated rings. The van der Waals surface area contributed by atoms with Gasteiger partial charge in [0.2, 0.25) is 0 Å². The molecule has 0 N–H and O–H groups in total. The van der Waals surface area contributed by atoms with E-state index in [1.54, 1.807) is 0 Å². The molecule has 0 saturated carbocycles. The first-order chi connectivity index (χ1) is 15.4. The molecule has 0 aliphatic heterocycles. The molecule has 0 amide bonds. The Morgan fingerprint density at radius 3 is 1.22 bits per heavy atom. The first-order valence-corrected chi connectivity index (χ1v) is 14.2. The minimum absolute atomic E-state index is 0.338. The molecular weight excluding hydrogens is 386 g/mol. The van der Waals surface area contributed by atoms with Crippen LogP contribution < -0.4 is 0 Å². The van der Waals surface area contributed by atoms with Gasteiger partial charge in [-0.1, -0.05) is 146 Å². The first kappa shape index (κ1) is 31.2. The lowest BCUT2D eigenvalue weighted by atomic mass is 10.0. The Hall–Kier alpha value is -0.820. The molecular formula is C31H59N. The highest BCUT2D eigenvalue weighted by molar-refractivity contribution is 5.11. The second-order valence-corrected chi connectivity index (χ2v) is 10.7. The van der Waals surface area contributed by atoms with Crippen LogP contribution in [0.3, 0.4) is 0 Å². The van der Waals surface area contributed by atoms with Crippen molar-refractivity contribution < 1.29 is 0 Å². The van der Waals surface area contributed by atoms with Gasteiger partial charge in [-0.15, -0.1) is 0 Å². The molecule has 1 nitrogen and oxygen atoms in total. The van der Waals surface area contributed by atoms with Crippen molar-refractivity contribution in [3.63, 3.8) is 0 Å². The highest BCUT2D eigenvalue weighted by atomic mass is 15.2. The second kappa shape index (κ2) is 22.0. The monoisotopic (exact) mass is 445 g/mol. The van der Waals surface area contributed by atoms with Crippen molar-refractivity contribution in [3.8, 4) is 0 Å². The summed E-state index contributed by atoms with van der Waals surface area (Å²) < 4.78 is 0. The smallest absolute Gasteiger partial charge is 0.0124 e. The van der Waals surface area contributed by atoms with Gasteiger partial charge in [0, 0.05) is 5.54 Å². The molecule has 1 rings (SSSR count). The molecule has 0 aliphatic rings. The molecule has 1 aromatic carbocycles. The molecule has 32 heavy (non-hydrogen) atoms. The minimum Gasteiger partial charge on any atom is -0.299 e. The number of hydrogen-bond donors (Lipinski definition) is 0. The fraction of sp³-hybridized carbons (Fsp3) is 0.806. The predicted molar refractivity (Wildman–Crippen MR) is 148 cm³/mol. The Morgan fingerprint density at radius 2 is 0.938 bits per heavy atom. The average molecular weight is 446 g/mol. The van der Waals surface area contributed by atoms with Crippen molar-refractivity contribution in [1.29, 1.82) is 0 Å². The summed E-state index contributed by atoms with van der Waals surface area (Å²) in [7, 11) is 0. The molecule has 0 heterocycles. The molecule has 188 valence electrons. The molecule has 0 bridgehead atoms. The van der Waals surface area contributed by atoms with Crippen LogP contribution in [0.1, 0.15) is 143 Å². The fourth-order valence-corrected chi connectivity index (χ4v) is 4.35. The Labute approximate surface area is 203 Å². The molecule has 0 saturated heterocycles. The SMILES string of the molecule is CCCCCCCCCCCCCCCCCCN(CC)C(C)(C)C.Cc1ccccc1. The van der Waals surface area contributed by atoms with Crippen LogP contribution in [-0.4, -0.2) is 23.5 Å². The van der Waals surface area contributed by atoms with E-state index >= 15 is 0 Å². The number of rotatable bonds is 18. The van der Waals surface area contributed by atoms with Crippen molar-refractivity contribution >= 4 is 0 Å². The van der Waals surface area contributed by atoms with E-state index in [-0.39, 0.29) is 0 Å². The third-order valence-electron chi connectivity index (χ3n) is 6.55. The van der Waals surface area contributed by atoms with Crippen LogP contribution in [0.4, 0.5) is 0 Å². The minimum atomic E-state index is 0.338. The largest absolute Gasteiger partial charge is 0.299 e. The van der Waals surface area contributed by atoms with Gasteiger partial charge in [-0.3, -0.25) is 4.90 Å². The molecule has 1 heteroatoms. The number of benzene rings is 1. The van der Waals surface area contributed by atoms with Gasteiger partial charge < -0.3 is 0 Å². The van der Waals surface area contributed by atoms with Crippen molar-refractivity contribution in [2.75, 3.05) is 13.1 Å². The van der Waals surface area contributed by atoms with Crippen LogP contribution >= 0.6 is 0 Å². The van der Waals surface area contributed by atoms with Gasteiger partial charge in [0.05, 0.1) is 0 Å². The molecule has 0 aromatic heterocycles. The third-order valence-corrected chi connectivity index (χ3v) is 6.55. The van der Waals surface area contributed by atoms with E-state index in [9.17, 15) is 0 Å². The summed E-state index contributed by atoms with van der Waals surface area (Å²) in [5.41, 5.74) is 1.66. The zero-order chi connectivity index (χ0) is 23.9. The molecule has 1 aromatic rings. The Kier molecular flexibility index (Phi) is 21.4. The van der Waals surface area contributed by atoms with Gasteiger partial charge in [0.15, 0.2) is 0 Å². The van der Waals surface area contributed by atoms with Gasteiger partial charge in [-0.05, 0) is 47.2 Å². The normalized spacial score (nSPS) is 11.5. The van der Waals surface area contributed by atoms with Crippen LogP contribution in [-0.2, 0) is 0 Å². The molecule has 0 radical (unpaired) electrons. The number of unbranched alkanes of at least 4 members (excludes halogenated alkanes) is 15. The summed E-state index contributed by atoms with van der Waals surface area (Å²) in [4.78, 5) is 2.61. The van der Waals surface area contributed by atoms with E-state index < -0.39 is 0 Å². The summed E-state index contributed by atoms with van der Waals surface area (Å²) in [6, 6.07) is 10.3. The molecule has 0 aliphatic carbocycles. The summed E-state index contributed by atoms with van der Waals surface area (Å²) >= 11 is 0. The van der Waals surface area contributed by atoms with Crippen molar-refractivity contribution in [1.82, 2.24) is 4.90 Å². The summed E-state index contributed by atoms with van der Waals surface area (Å²) in [5, 5.41) is 0. The summed E-state index contributed by atoms with van der Waals surface area (Å²) in [6.07, 6.45) is 23.2. The van der Waals surface area contributed by atoms with Crippen LogP contribution in [0, 0.1) is 6.92 Å². The van der Waals surface area contributed by atoms with Crippen molar-refractivity contribution in [3.05, 3.63) is 35.9 Å². The summed E-state index contributed by atoms with van der Waals surface area (Å²) in [5.74, 6) is 0. The maximum Gasteiger partial charge on any atom is 0.0124 e. The van der Waals surface area contributed by atoms with Crippen LogP contribution in [0.15, 0.2) is 30.3 Å². The topological polar surface area (TPSA) is 3.24 Å².